The van der Waals surface area contributed by atoms with Crippen molar-refractivity contribution in [3.63, 3.8) is 0 Å². The summed E-state index contributed by atoms with van der Waals surface area (Å²) in [4.78, 5) is 40.5. The Bertz CT molecular complexity index is 1250. The lowest BCUT2D eigenvalue weighted by Crippen LogP contribution is -2.48. The van der Waals surface area contributed by atoms with Crippen LogP contribution in [0, 0.1) is 5.92 Å². The van der Waals surface area contributed by atoms with E-state index in [1.165, 1.54) is 32.1 Å². The summed E-state index contributed by atoms with van der Waals surface area (Å²) in [6.45, 7) is 11.7. The number of ether oxygens (including phenoxy) is 3. The summed E-state index contributed by atoms with van der Waals surface area (Å²) >= 11 is 0. The maximum atomic E-state index is 13.4. The Balaban J connectivity index is 1.41. The first-order valence-electron chi connectivity index (χ1n) is 15.2. The van der Waals surface area contributed by atoms with E-state index in [0.29, 0.717) is 18.9 Å². The molecule has 0 saturated heterocycles. The molecule has 0 spiro atoms. The lowest BCUT2D eigenvalue weighted by atomic mass is 9.90. The molecular formula is C34H46N2O6. The maximum Gasteiger partial charge on any atom is 0.408 e. The highest BCUT2D eigenvalue weighted by Gasteiger charge is 2.34. The Kier molecular flexibility index (Phi) is 9.85. The lowest BCUT2D eigenvalue weighted by Gasteiger charge is -2.27. The van der Waals surface area contributed by atoms with Crippen LogP contribution in [0.1, 0.15) is 85.6 Å². The number of hydrogen-bond donors (Lipinski definition) is 1. The highest BCUT2D eigenvalue weighted by Crippen LogP contribution is 2.34. The monoisotopic (exact) mass is 578 g/mol. The largest absolute Gasteiger partial charge is 0.493 e. The van der Waals surface area contributed by atoms with E-state index in [1.54, 1.807) is 46.4 Å². The van der Waals surface area contributed by atoms with Gasteiger partial charge in [-0.1, -0.05) is 37.5 Å². The molecule has 1 saturated carbocycles. The van der Waals surface area contributed by atoms with Crippen molar-refractivity contribution in [2.75, 3.05) is 18.1 Å². The number of carbonyl (C=O) groups excluding carboxylic acids is 3. The number of fused-ring (bicyclic) bond motifs is 1. The van der Waals surface area contributed by atoms with Crippen LogP contribution in [0.4, 0.5) is 10.5 Å². The molecule has 0 unspecified atom stereocenters. The van der Waals surface area contributed by atoms with Crippen molar-refractivity contribution in [1.82, 2.24) is 5.32 Å². The van der Waals surface area contributed by atoms with Crippen LogP contribution >= 0.6 is 0 Å². The molecule has 8 heteroatoms. The number of alkyl carbamates (subject to hydrolysis) is 1. The summed E-state index contributed by atoms with van der Waals surface area (Å²) in [5, 5.41) is 2.54. The van der Waals surface area contributed by atoms with Crippen LogP contribution in [0.15, 0.2) is 42.5 Å². The summed E-state index contributed by atoms with van der Waals surface area (Å²) in [6, 6.07) is 13.1. The van der Waals surface area contributed by atoms with Crippen LogP contribution in [-0.4, -0.2) is 48.4 Å². The fourth-order valence-electron chi connectivity index (χ4n) is 5.45. The average molecular weight is 579 g/mol. The fraction of sp³-hybridized carbons (Fsp3) is 0.559. The van der Waals surface area contributed by atoms with Crippen molar-refractivity contribution in [3.05, 3.63) is 48.0 Å². The molecule has 1 aliphatic heterocycles. The molecular weight excluding hydrogens is 532 g/mol. The van der Waals surface area contributed by atoms with E-state index in [0.717, 1.165) is 34.7 Å². The summed E-state index contributed by atoms with van der Waals surface area (Å²) in [5.41, 5.74) is 2.51. The fourth-order valence-corrected chi connectivity index (χ4v) is 5.45. The van der Waals surface area contributed by atoms with Gasteiger partial charge in [-0.15, -0.1) is 0 Å². The normalized spacial score (nSPS) is 16.4. The van der Waals surface area contributed by atoms with Gasteiger partial charge in [0.25, 0.3) is 0 Å². The first-order chi connectivity index (χ1) is 19.8. The number of benzene rings is 2. The molecule has 1 heterocycles. The van der Waals surface area contributed by atoms with Gasteiger partial charge in [0.05, 0.1) is 13.0 Å². The standard InChI is InChI=1S/C34H46N2O6/c1-33(2,3)41-31(38)28(35-32(39)42-34(4,5)6)21-30(37)36-19-18-26-20-25(14-17-29(26)36)24-12-15-27(16-13-24)40-22-23-10-8-7-9-11-23/h12-17,20,23,28H,7-11,18-19,21-22H2,1-6H3,(H,35,39)/t28-/m1/s1. The van der Waals surface area contributed by atoms with Gasteiger partial charge in [0, 0.05) is 12.2 Å². The molecule has 42 heavy (non-hydrogen) atoms. The predicted octanol–water partition coefficient (Wildman–Crippen LogP) is 6.83. The van der Waals surface area contributed by atoms with Gasteiger partial charge in [-0.05, 0) is 108 Å². The zero-order chi connectivity index (χ0) is 30.5. The van der Waals surface area contributed by atoms with Crippen LogP contribution in [0.3, 0.4) is 0 Å². The van der Waals surface area contributed by atoms with Gasteiger partial charge < -0.3 is 24.4 Å². The third kappa shape index (κ3) is 8.97. The Morgan fingerprint density at radius 2 is 1.52 bits per heavy atom. The molecule has 2 amide bonds. The van der Waals surface area contributed by atoms with Gasteiger partial charge in [0.15, 0.2) is 0 Å². The second kappa shape index (κ2) is 13.2. The SMILES string of the molecule is CC(C)(C)OC(=O)N[C@H](CC(=O)N1CCc2cc(-c3ccc(OCC4CCCCC4)cc3)ccc21)C(=O)OC(C)(C)C. The summed E-state index contributed by atoms with van der Waals surface area (Å²) in [5.74, 6) is 0.602. The Labute approximate surface area is 250 Å². The summed E-state index contributed by atoms with van der Waals surface area (Å²) in [6.07, 6.45) is 6.16. The molecule has 1 aliphatic carbocycles. The molecule has 4 rings (SSSR count). The number of nitrogens with zero attached hydrogens (tertiary/aromatic N) is 1. The third-order valence-electron chi connectivity index (χ3n) is 7.44. The first kappa shape index (κ1) is 31.4. The van der Waals surface area contributed by atoms with Crippen LogP contribution in [-0.2, 0) is 25.5 Å². The number of hydrogen-bond acceptors (Lipinski definition) is 6. The highest BCUT2D eigenvalue weighted by molar-refractivity contribution is 5.99. The molecule has 2 aliphatic rings. The number of rotatable bonds is 8. The number of esters is 1. The van der Waals surface area contributed by atoms with Crippen molar-refractivity contribution >= 4 is 23.7 Å². The molecule has 0 radical (unpaired) electrons. The van der Waals surface area contributed by atoms with Gasteiger partial charge in [-0.3, -0.25) is 4.79 Å². The van der Waals surface area contributed by atoms with Gasteiger partial charge in [-0.25, -0.2) is 9.59 Å². The smallest absolute Gasteiger partial charge is 0.408 e. The lowest BCUT2D eigenvalue weighted by molar-refractivity contribution is -0.158. The van der Waals surface area contributed by atoms with Crippen LogP contribution in [0.5, 0.6) is 5.75 Å². The minimum Gasteiger partial charge on any atom is -0.493 e. The number of amides is 2. The predicted molar refractivity (Wildman–Crippen MR) is 164 cm³/mol. The van der Waals surface area contributed by atoms with Gasteiger partial charge in [0.2, 0.25) is 5.91 Å². The molecule has 1 atom stereocenters. The van der Waals surface area contributed by atoms with E-state index in [4.69, 9.17) is 14.2 Å². The average Bonchev–Trinajstić information content (AvgIpc) is 3.34. The van der Waals surface area contributed by atoms with Gasteiger partial charge >= 0.3 is 12.1 Å². The van der Waals surface area contributed by atoms with E-state index in [2.05, 4.69) is 23.5 Å². The van der Waals surface area contributed by atoms with E-state index >= 15 is 0 Å². The second-order valence-corrected chi connectivity index (χ2v) is 13.4. The molecule has 8 nitrogen and oxygen atoms in total. The molecule has 0 bridgehead atoms. The van der Waals surface area contributed by atoms with E-state index in [9.17, 15) is 14.4 Å². The Hall–Kier alpha value is -3.55. The van der Waals surface area contributed by atoms with Crippen LogP contribution in [0.25, 0.3) is 11.1 Å². The maximum absolute atomic E-state index is 13.4. The van der Waals surface area contributed by atoms with Crippen molar-refractivity contribution in [3.8, 4) is 16.9 Å². The van der Waals surface area contributed by atoms with Crippen molar-refractivity contribution in [2.45, 2.75) is 104 Å². The van der Waals surface area contributed by atoms with E-state index in [1.807, 2.05) is 24.3 Å². The number of anilines is 1. The van der Waals surface area contributed by atoms with E-state index in [-0.39, 0.29) is 12.3 Å². The quantitative estimate of drug-likeness (QED) is 0.345. The highest BCUT2D eigenvalue weighted by atomic mass is 16.6. The zero-order valence-electron chi connectivity index (χ0n) is 26.0. The topological polar surface area (TPSA) is 94.2 Å². The van der Waals surface area contributed by atoms with Crippen LogP contribution in [0.2, 0.25) is 0 Å². The molecule has 228 valence electrons. The minimum atomic E-state index is -1.17. The van der Waals surface area contributed by atoms with Crippen molar-refractivity contribution in [1.29, 1.82) is 0 Å². The van der Waals surface area contributed by atoms with Crippen molar-refractivity contribution < 1.29 is 28.6 Å². The Morgan fingerprint density at radius 1 is 0.881 bits per heavy atom. The second-order valence-electron chi connectivity index (χ2n) is 13.4. The number of carbonyl (C=O) groups is 3. The zero-order valence-corrected chi connectivity index (χ0v) is 26.0. The molecule has 2 aromatic carbocycles. The Morgan fingerprint density at radius 3 is 2.17 bits per heavy atom. The number of nitrogens with one attached hydrogen (secondary N) is 1. The van der Waals surface area contributed by atoms with Gasteiger partial charge in [0.1, 0.15) is 23.0 Å². The van der Waals surface area contributed by atoms with Gasteiger partial charge in [-0.2, -0.15) is 0 Å². The molecule has 1 fully saturated rings. The third-order valence-corrected chi connectivity index (χ3v) is 7.44. The minimum absolute atomic E-state index is 0.238. The molecule has 1 N–H and O–H groups in total. The summed E-state index contributed by atoms with van der Waals surface area (Å²) in [7, 11) is 0. The first-order valence-corrected chi connectivity index (χ1v) is 15.2. The van der Waals surface area contributed by atoms with Crippen molar-refractivity contribution in [2.24, 2.45) is 5.92 Å². The summed E-state index contributed by atoms with van der Waals surface area (Å²) < 4.78 is 16.9. The van der Waals surface area contributed by atoms with E-state index < -0.39 is 29.3 Å². The molecule has 2 aromatic rings. The molecule has 0 aromatic heterocycles. The van der Waals surface area contributed by atoms with Crippen LogP contribution < -0.4 is 15.0 Å².